The second kappa shape index (κ2) is 12.8. The number of hydrogen-bond donors (Lipinski definition) is 0. The summed E-state index contributed by atoms with van der Waals surface area (Å²) in [6, 6.07) is 0. The fourth-order valence-electron chi connectivity index (χ4n) is 0.765. The van der Waals surface area contributed by atoms with Crippen LogP contribution in [0.3, 0.4) is 0 Å². The third-order valence-electron chi connectivity index (χ3n) is 1.44. The minimum absolute atomic E-state index is 0.746. The number of carbonyl (C=O) groups excluding carboxylic acids is 1. The van der Waals surface area contributed by atoms with Crippen LogP contribution in [-0.2, 0) is 4.79 Å². The first-order chi connectivity index (χ1) is 7.91. The van der Waals surface area contributed by atoms with Gasteiger partial charge >= 0.3 is 0 Å². The number of hydrogen-bond acceptors (Lipinski definition) is 1. The molecule has 0 bridgehead atoms. The molecule has 0 aromatic carbocycles. The lowest BCUT2D eigenvalue weighted by Gasteiger charge is -1.74. The van der Waals surface area contributed by atoms with Gasteiger partial charge in [0.15, 0.2) is 0 Å². The summed E-state index contributed by atoms with van der Waals surface area (Å²) in [6.45, 7) is 3.56. The van der Waals surface area contributed by atoms with Crippen molar-refractivity contribution in [2.45, 2.75) is 0 Å². The van der Waals surface area contributed by atoms with Crippen LogP contribution < -0.4 is 0 Å². The molecule has 1 nitrogen and oxygen atoms in total. The van der Waals surface area contributed by atoms with Crippen molar-refractivity contribution in [1.82, 2.24) is 0 Å². The molecule has 0 unspecified atom stereocenters. The summed E-state index contributed by atoms with van der Waals surface area (Å²) < 4.78 is 0. The van der Waals surface area contributed by atoms with E-state index in [4.69, 9.17) is 0 Å². The van der Waals surface area contributed by atoms with Crippen LogP contribution in [0.4, 0.5) is 0 Å². The normalized spacial score (nSPS) is 13.2. The minimum Gasteiger partial charge on any atom is -0.299 e. The van der Waals surface area contributed by atoms with Crippen LogP contribution in [0.25, 0.3) is 0 Å². The van der Waals surface area contributed by atoms with Gasteiger partial charge in [-0.2, -0.15) is 0 Å². The van der Waals surface area contributed by atoms with Gasteiger partial charge in [-0.3, -0.25) is 4.79 Å². The largest absolute Gasteiger partial charge is 0.299 e. The summed E-state index contributed by atoms with van der Waals surface area (Å²) in [5, 5.41) is 0. The summed E-state index contributed by atoms with van der Waals surface area (Å²) in [6.07, 6.45) is 24.5. The number of aldehydes is 1. The Hall–Kier alpha value is -2.15. The first-order valence-corrected chi connectivity index (χ1v) is 4.98. The smallest absolute Gasteiger partial charge is 0.142 e. The van der Waals surface area contributed by atoms with Gasteiger partial charge < -0.3 is 0 Å². The molecule has 0 radical (unpaired) electrons. The van der Waals surface area contributed by atoms with Crippen molar-refractivity contribution in [3.63, 3.8) is 0 Å². The van der Waals surface area contributed by atoms with Crippen LogP contribution in [0.5, 0.6) is 0 Å². The Kier molecular flexibility index (Phi) is 11.1. The van der Waals surface area contributed by atoms with Gasteiger partial charge in [-0.05, 0) is 6.08 Å². The average Bonchev–Trinajstić information content (AvgIpc) is 2.31. The van der Waals surface area contributed by atoms with Crippen molar-refractivity contribution in [3.05, 3.63) is 85.6 Å². The molecule has 0 aliphatic rings. The predicted molar refractivity (Wildman–Crippen MR) is 71.1 cm³/mol. The first kappa shape index (κ1) is 13.8. The molecule has 1 heteroatoms. The van der Waals surface area contributed by atoms with Crippen LogP contribution >= 0.6 is 0 Å². The predicted octanol–water partition coefficient (Wildman–Crippen LogP) is 3.71. The average molecular weight is 212 g/mol. The SMILES string of the molecule is C=CC=CC=CC=CC=CC=CC=CC=O. The maximum absolute atomic E-state index is 9.92. The lowest BCUT2D eigenvalue weighted by Crippen LogP contribution is -1.56. The lowest BCUT2D eigenvalue weighted by atomic mass is 10.3. The minimum atomic E-state index is 0.746. The zero-order chi connectivity index (χ0) is 11.9. The molecule has 0 aromatic heterocycles. The van der Waals surface area contributed by atoms with Gasteiger partial charge in [-0.15, -0.1) is 0 Å². The Morgan fingerprint density at radius 2 is 0.812 bits per heavy atom. The van der Waals surface area contributed by atoms with E-state index >= 15 is 0 Å². The maximum Gasteiger partial charge on any atom is 0.142 e. The van der Waals surface area contributed by atoms with Crippen molar-refractivity contribution in [2.75, 3.05) is 0 Å². The molecule has 0 aromatic rings. The van der Waals surface area contributed by atoms with E-state index in [2.05, 4.69) is 6.58 Å². The van der Waals surface area contributed by atoms with E-state index in [0.717, 1.165) is 6.29 Å². The molecule has 0 spiro atoms. The lowest BCUT2D eigenvalue weighted by molar-refractivity contribution is -0.104. The zero-order valence-corrected chi connectivity index (χ0v) is 9.20. The van der Waals surface area contributed by atoms with E-state index in [0.29, 0.717) is 0 Å². The molecule has 0 atom stereocenters. The topological polar surface area (TPSA) is 17.1 Å². The van der Waals surface area contributed by atoms with Crippen LogP contribution in [0.1, 0.15) is 0 Å². The highest BCUT2D eigenvalue weighted by atomic mass is 16.1. The van der Waals surface area contributed by atoms with E-state index in [9.17, 15) is 4.79 Å². The van der Waals surface area contributed by atoms with E-state index in [1.54, 1.807) is 18.2 Å². The van der Waals surface area contributed by atoms with Crippen molar-refractivity contribution in [3.8, 4) is 0 Å². The molecule has 0 rings (SSSR count). The Morgan fingerprint density at radius 3 is 1.12 bits per heavy atom. The highest BCUT2D eigenvalue weighted by Gasteiger charge is 1.63. The maximum atomic E-state index is 9.92. The standard InChI is InChI=1S/C15H16O/c1-2-3-4-5-6-7-8-9-10-11-12-13-14-15-16/h2-15H,1H2. The highest BCUT2D eigenvalue weighted by molar-refractivity contribution is 5.65. The molecule has 0 saturated carbocycles. The molecule has 0 amide bonds. The van der Waals surface area contributed by atoms with Crippen molar-refractivity contribution < 1.29 is 4.79 Å². The molecule has 82 valence electrons. The van der Waals surface area contributed by atoms with E-state index in [1.807, 2.05) is 54.7 Å². The van der Waals surface area contributed by atoms with Crippen molar-refractivity contribution in [1.29, 1.82) is 0 Å². The Morgan fingerprint density at radius 1 is 0.500 bits per heavy atom. The molecule has 0 aliphatic carbocycles. The summed E-state index contributed by atoms with van der Waals surface area (Å²) >= 11 is 0. The molecule has 0 heterocycles. The molecule has 0 N–H and O–H groups in total. The molecule has 0 fully saturated rings. The monoisotopic (exact) mass is 212 g/mol. The Labute approximate surface area is 97.2 Å². The fourth-order valence-corrected chi connectivity index (χ4v) is 0.765. The van der Waals surface area contributed by atoms with Crippen LogP contribution in [-0.4, -0.2) is 6.29 Å². The first-order valence-electron chi connectivity index (χ1n) is 4.98. The Balaban J connectivity index is 3.78. The fraction of sp³-hybridized carbons (Fsp3) is 0. The molecule has 0 saturated heterocycles. The van der Waals surface area contributed by atoms with E-state index in [-0.39, 0.29) is 0 Å². The van der Waals surface area contributed by atoms with Crippen molar-refractivity contribution in [2.24, 2.45) is 0 Å². The summed E-state index contributed by atoms with van der Waals surface area (Å²) in [4.78, 5) is 9.92. The van der Waals surface area contributed by atoms with E-state index < -0.39 is 0 Å². The van der Waals surface area contributed by atoms with Crippen LogP contribution in [0, 0.1) is 0 Å². The second-order valence-electron chi connectivity index (χ2n) is 2.68. The van der Waals surface area contributed by atoms with Gasteiger partial charge in [0.25, 0.3) is 0 Å². The van der Waals surface area contributed by atoms with Crippen LogP contribution in [0.15, 0.2) is 85.6 Å². The molecule has 16 heavy (non-hydrogen) atoms. The van der Waals surface area contributed by atoms with Crippen LogP contribution in [0.2, 0.25) is 0 Å². The summed E-state index contributed by atoms with van der Waals surface area (Å²) in [5.41, 5.74) is 0. The van der Waals surface area contributed by atoms with Crippen molar-refractivity contribution >= 4 is 6.29 Å². The van der Waals surface area contributed by atoms with Gasteiger partial charge in [0.1, 0.15) is 6.29 Å². The molecular formula is C15H16O. The second-order valence-corrected chi connectivity index (χ2v) is 2.68. The summed E-state index contributed by atoms with van der Waals surface area (Å²) in [5.74, 6) is 0. The van der Waals surface area contributed by atoms with Gasteiger partial charge in [-0.1, -0.05) is 79.5 Å². The summed E-state index contributed by atoms with van der Waals surface area (Å²) in [7, 11) is 0. The third-order valence-corrected chi connectivity index (χ3v) is 1.44. The van der Waals surface area contributed by atoms with Gasteiger partial charge in [-0.25, -0.2) is 0 Å². The number of rotatable bonds is 7. The van der Waals surface area contributed by atoms with Gasteiger partial charge in [0, 0.05) is 0 Å². The Bertz CT molecular complexity index is 314. The third kappa shape index (κ3) is 11.8. The zero-order valence-electron chi connectivity index (χ0n) is 9.20. The number of allylic oxidation sites excluding steroid dienone is 13. The van der Waals surface area contributed by atoms with E-state index in [1.165, 1.54) is 6.08 Å². The molecular weight excluding hydrogens is 196 g/mol. The molecule has 0 aliphatic heterocycles. The van der Waals surface area contributed by atoms with Gasteiger partial charge in [0.2, 0.25) is 0 Å². The van der Waals surface area contributed by atoms with Gasteiger partial charge in [0.05, 0.1) is 0 Å². The highest BCUT2D eigenvalue weighted by Crippen LogP contribution is 1.84. The quantitative estimate of drug-likeness (QED) is 0.357. The number of carbonyl (C=O) groups is 1.